The molecule has 0 bridgehead atoms. The van der Waals surface area contributed by atoms with Crippen LogP contribution in [0.3, 0.4) is 0 Å². The molecule has 18 heavy (non-hydrogen) atoms. The van der Waals surface area contributed by atoms with Crippen molar-refractivity contribution in [3.63, 3.8) is 0 Å². The maximum absolute atomic E-state index is 11.4. The Hall–Kier alpha value is -0.650. The average Bonchev–Trinajstić information content (AvgIpc) is 2.62. The van der Waals surface area contributed by atoms with Crippen LogP contribution in [-0.4, -0.2) is 56.4 Å². The van der Waals surface area contributed by atoms with Gasteiger partial charge in [-0.3, -0.25) is 4.79 Å². The molecule has 1 saturated heterocycles. The van der Waals surface area contributed by atoms with Crippen molar-refractivity contribution in [2.75, 3.05) is 40.0 Å². The molecular weight excluding hydrogens is 232 g/mol. The number of unbranched alkanes of at least 4 members (excludes halogenated alkanes) is 1. The molecule has 1 unspecified atom stereocenters. The number of nitrogens with two attached hydrogens (primary N) is 1. The predicted octanol–water partition coefficient (Wildman–Crippen LogP) is 0.769. The Morgan fingerprint density at radius 1 is 1.39 bits per heavy atom. The van der Waals surface area contributed by atoms with Gasteiger partial charge in [0.25, 0.3) is 0 Å². The first kappa shape index (κ1) is 15.4. The molecule has 2 N–H and O–H groups in total. The third-order valence-corrected chi connectivity index (χ3v) is 3.39. The van der Waals surface area contributed by atoms with Crippen molar-refractivity contribution in [3.05, 3.63) is 0 Å². The van der Waals surface area contributed by atoms with E-state index in [0.29, 0.717) is 6.42 Å². The van der Waals surface area contributed by atoms with Gasteiger partial charge in [0.15, 0.2) is 0 Å². The van der Waals surface area contributed by atoms with Crippen molar-refractivity contribution in [3.8, 4) is 0 Å². The topological polar surface area (TPSA) is 64.8 Å². The number of hydrogen-bond acceptors (Lipinski definition) is 5. The quantitative estimate of drug-likeness (QED) is 0.563. The van der Waals surface area contributed by atoms with E-state index in [2.05, 4.69) is 9.64 Å². The van der Waals surface area contributed by atoms with E-state index in [9.17, 15) is 4.79 Å². The molecule has 0 aromatic heterocycles. The van der Waals surface area contributed by atoms with E-state index in [1.165, 1.54) is 7.11 Å². The van der Waals surface area contributed by atoms with E-state index in [4.69, 9.17) is 10.5 Å². The lowest BCUT2D eigenvalue weighted by Crippen LogP contribution is -2.45. The molecule has 0 amide bonds. The van der Waals surface area contributed by atoms with Crippen LogP contribution in [0, 0.1) is 0 Å². The van der Waals surface area contributed by atoms with E-state index >= 15 is 0 Å². The van der Waals surface area contributed by atoms with Gasteiger partial charge in [0.2, 0.25) is 0 Å². The van der Waals surface area contributed by atoms with Crippen molar-refractivity contribution in [1.82, 2.24) is 4.90 Å². The fraction of sp³-hybridized carbons (Fsp3) is 0.923. The van der Waals surface area contributed by atoms with Gasteiger partial charge in [-0.1, -0.05) is 0 Å². The van der Waals surface area contributed by atoms with Crippen molar-refractivity contribution < 1.29 is 14.3 Å². The zero-order chi connectivity index (χ0) is 13.4. The summed E-state index contributed by atoms with van der Waals surface area (Å²) in [6.07, 6.45) is 3.78. The lowest BCUT2D eigenvalue weighted by atomic mass is 9.96. The van der Waals surface area contributed by atoms with Crippen LogP contribution in [0.1, 0.15) is 32.6 Å². The van der Waals surface area contributed by atoms with Crippen molar-refractivity contribution >= 4 is 5.97 Å². The number of nitrogens with zero attached hydrogens (tertiary/aromatic N) is 1. The van der Waals surface area contributed by atoms with Gasteiger partial charge in [-0.05, 0) is 39.2 Å². The van der Waals surface area contributed by atoms with Gasteiger partial charge >= 0.3 is 5.97 Å². The molecule has 0 aromatic carbocycles. The Morgan fingerprint density at radius 2 is 2.17 bits per heavy atom. The molecule has 1 rings (SSSR count). The first-order valence-electron chi connectivity index (χ1n) is 6.73. The summed E-state index contributed by atoms with van der Waals surface area (Å²) in [7, 11) is 1.38. The molecule has 5 nitrogen and oxygen atoms in total. The fourth-order valence-corrected chi connectivity index (χ4v) is 2.18. The SMILES string of the molecule is COC(=O)C(C)(N)CCCCN1CCCOCC1. The normalized spacial score (nSPS) is 21.1. The van der Waals surface area contributed by atoms with Gasteiger partial charge < -0.3 is 20.1 Å². The van der Waals surface area contributed by atoms with Crippen molar-refractivity contribution in [2.24, 2.45) is 5.73 Å². The van der Waals surface area contributed by atoms with Gasteiger partial charge in [0, 0.05) is 19.7 Å². The minimum absolute atomic E-state index is 0.328. The Kier molecular flexibility index (Phi) is 6.60. The third kappa shape index (κ3) is 5.33. The molecule has 1 aliphatic rings. The summed E-state index contributed by atoms with van der Waals surface area (Å²) in [5.74, 6) is -0.328. The lowest BCUT2D eigenvalue weighted by molar-refractivity contribution is -0.146. The highest BCUT2D eigenvalue weighted by Gasteiger charge is 2.28. The summed E-state index contributed by atoms with van der Waals surface area (Å²) in [5, 5.41) is 0. The molecule has 0 saturated carbocycles. The van der Waals surface area contributed by atoms with E-state index < -0.39 is 5.54 Å². The Labute approximate surface area is 110 Å². The highest BCUT2D eigenvalue weighted by atomic mass is 16.5. The molecular formula is C13H26N2O3. The first-order chi connectivity index (χ1) is 8.56. The van der Waals surface area contributed by atoms with Crippen LogP contribution in [0.4, 0.5) is 0 Å². The fourth-order valence-electron chi connectivity index (χ4n) is 2.18. The predicted molar refractivity (Wildman–Crippen MR) is 70.3 cm³/mol. The summed E-state index contributed by atoms with van der Waals surface area (Å²) in [6, 6.07) is 0. The number of carbonyl (C=O) groups excluding carboxylic acids is 1. The molecule has 1 aliphatic heterocycles. The second-order valence-corrected chi connectivity index (χ2v) is 5.17. The van der Waals surface area contributed by atoms with Gasteiger partial charge in [0.1, 0.15) is 5.54 Å². The molecule has 5 heteroatoms. The molecule has 106 valence electrons. The Balaban J connectivity index is 2.15. The summed E-state index contributed by atoms with van der Waals surface area (Å²) in [6.45, 7) is 6.61. The first-order valence-corrected chi connectivity index (χ1v) is 6.73. The molecule has 0 aromatic rings. The summed E-state index contributed by atoms with van der Waals surface area (Å²) >= 11 is 0. The van der Waals surface area contributed by atoms with Crippen LogP contribution in [0.15, 0.2) is 0 Å². The maximum Gasteiger partial charge on any atom is 0.325 e. The second kappa shape index (κ2) is 7.71. The second-order valence-electron chi connectivity index (χ2n) is 5.17. The smallest absolute Gasteiger partial charge is 0.325 e. The van der Waals surface area contributed by atoms with Crippen LogP contribution in [0.5, 0.6) is 0 Å². The van der Waals surface area contributed by atoms with Crippen LogP contribution in [0.25, 0.3) is 0 Å². The van der Waals surface area contributed by atoms with Crippen LogP contribution >= 0.6 is 0 Å². The molecule has 0 spiro atoms. The van der Waals surface area contributed by atoms with Gasteiger partial charge in [-0.25, -0.2) is 0 Å². The largest absolute Gasteiger partial charge is 0.468 e. The lowest BCUT2D eigenvalue weighted by Gasteiger charge is -2.23. The number of esters is 1. The third-order valence-electron chi connectivity index (χ3n) is 3.39. The molecule has 1 fully saturated rings. The molecule has 0 aliphatic carbocycles. The van der Waals surface area contributed by atoms with Gasteiger partial charge in [-0.15, -0.1) is 0 Å². The number of hydrogen-bond donors (Lipinski definition) is 1. The molecule has 0 radical (unpaired) electrons. The van der Waals surface area contributed by atoms with E-state index in [0.717, 1.165) is 52.1 Å². The summed E-state index contributed by atoms with van der Waals surface area (Å²) in [4.78, 5) is 13.8. The highest BCUT2D eigenvalue weighted by Crippen LogP contribution is 2.13. The summed E-state index contributed by atoms with van der Waals surface area (Å²) in [5.41, 5.74) is 5.06. The molecule has 1 atom stereocenters. The minimum atomic E-state index is -0.851. The summed E-state index contributed by atoms with van der Waals surface area (Å²) < 4.78 is 10.1. The van der Waals surface area contributed by atoms with Gasteiger partial charge in [0.05, 0.1) is 13.7 Å². The number of rotatable bonds is 6. The van der Waals surface area contributed by atoms with Gasteiger partial charge in [-0.2, -0.15) is 0 Å². The standard InChI is InChI=1S/C13H26N2O3/c1-13(14,12(16)17-2)6-3-4-7-15-8-5-10-18-11-9-15/h3-11,14H2,1-2H3. The highest BCUT2D eigenvalue weighted by molar-refractivity contribution is 5.79. The zero-order valence-corrected chi connectivity index (χ0v) is 11.6. The number of ether oxygens (including phenoxy) is 2. The molecule has 1 heterocycles. The monoisotopic (exact) mass is 258 g/mol. The number of methoxy groups -OCH3 is 1. The van der Waals surface area contributed by atoms with E-state index in [1.54, 1.807) is 6.92 Å². The van der Waals surface area contributed by atoms with Crippen molar-refractivity contribution in [1.29, 1.82) is 0 Å². The van der Waals surface area contributed by atoms with Crippen LogP contribution < -0.4 is 5.73 Å². The average molecular weight is 258 g/mol. The van der Waals surface area contributed by atoms with Crippen LogP contribution in [-0.2, 0) is 14.3 Å². The van der Waals surface area contributed by atoms with E-state index in [-0.39, 0.29) is 5.97 Å². The Morgan fingerprint density at radius 3 is 2.89 bits per heavy atom. The Bertz CT molecular complexity index is 249. The van der Waals surface area contributed by atoms with Crippen LogP contribution in [0.2, 0.25) is 0 Å². The number of carbonyl (C=O) groups is 1. The minimum Gasteiger partial charge on any atom is -0.468 e. The zero-order valence-electron chi connectivity index (χ0n) is 11.6. The van der Waals surface area contributed by atoms with E-state index in [1.807, 2.05) is 0 Å². The maximum atomic E-state index is 11.4. The van der Waals surface area contributed by atoms with Crippen molar-refractivity contribution in [2.45, 2.75) is 38.1 Å².